The van der Waals surface area contributed by atoms with Gasteiger partial charge in [0.1, 0.15) is 17.2 Å². The molecule has 2 atom stereocenters. The van der Waals surface area contributed by atoms with Gasteiger partial charge in [-0.3, -0.25) is 0 Å². The first-order valence-electron chi connectivity index (χ1n) is 10.4. The van der Waals surface area contributed by atoms with Crippen molar-refractivity contribution in [2.75, 3.05) is 6.61 Å². The fraction of sp³-hybridized carbons (Fsp3) is 0.231. The summed E-state index contributed by atoms with van der Waals surface area (Å²) in [5.74, 6) is 2.36. The molecule has 2 heterocycles. The molecular formula is C26H25NO3. The SMILES string of the molecule is CC(C)Oc1ccc2c(C3COc4ccccc4C3c3ccc(O)cc3)c[nH]c2c1. The number of aromatic amines is 1. The molecule has 152 valence electrons. The third-order valence-corrected chi connectivity index (χ3v) is 5.78. The molecule has 0 saturated heterocycles. The first-order chi connectivity index (χ1) is 14.6. The molecule has 4 aromatic rings. The molecule has 0 saturated carbocycles. The van der Waals surface area contributed by atoms with Crippen molar-refractivity contribution in [3.63, 3.8) is 0 Å². The van der Waals surface area contributed by atoms with Gasteiger partial charge in [-0.1, -0.05) is 30.3 Å². The number of H-pyrrole nitrogens is 1. The lowest BCUT2D eigenvalue weighted by molar-refractivity contribution is 0.242. The molecule has 0 amide bonds. The van der Waals surface area contributed by atoms with Crippen molar-refractivity contribution in [3.05, 3.63) is 89.6 Å². The van der Waals surface area contributed by atoms with Crippen molar-refractivity contribution in [1.29, 1.82) is 0 Å². The Hall–Kier alpha value is -3.40. The topological polar surface area (TPSA) is 54.5 Å². The molecule has 4 nitrogen and oxygen atoms in total. The highest BCUT2D eigenvalue weighted by atomic mass is 16.5. The van der Waals surface area contributed by atoms with Crippen LogP contribution in [0.25, 0.3) is 10.9 Å². The monoisotopic (exact) mass is 399 g/mol. The predicted molar refractivity (Wildman–Crippen MR) is 119 cm³/mol. The van der Waals surface area contributed by atoms with Crippen LogP contribution in [0.2, 0.25) is 0 Å². The van der Waals surface area contributed by atoms with Gasteiger partial charge in [0, 0.05) is 40.6 Å². The summed E-state index contributed by atoms with van der Waals surface area (Å²) in [6.45, 7) is 4.66. The second-order valence-corrected chi connectivity index (χ2v) is 8.14. The Bertz CT molecular complexity index is 1180. The lowest BCUT2D eigenvalue weighted by Gasteiger charge is -2.34. The second-order valence-electron chi connectivity index (χ2n) is 8.14. The van der Waals surface area contributed by atoms with E-state index in [2.05, 4.69) is 35.4 Å². The Balaban J connectivity index is 1.61. The van der Waals surface area contributed by atoms with Gasteiger partial charge in [-0.05, 0) is 55.3 Å². The number of benzene rings is 3. The van der Waals surface area contributed by atoms with E-state index in [9.17, 15) is 5.11 Å². The van der Waals surface area contributed by atoms with Crippen LogP contribution < -0.4 is 9.47 Å². The van der Waals surface area contributed by atoms with Crippen LogP contribution in [0.15, 0.2) is 72.9 Å². The lowest BCUT2D eigenvalue weighted by atomic mass is 9.76. The van der Waals surface area contributed by atoms with Gasteiger partial charge < -0.3 is 19.6 Å². The van der Waals surface area contributed by atoms with Crippen LogP contribution in [0.5, 0.6) is 17.2 Å². The fourth-order valence-corrected chi connectivity index (χ4v) is 4.50. The van der Waals surface area contributed by atoms with E-state index in [1.165, 1.54) is 22.1 Å². The van der Waals surface area contributed by atoms with Gasteiger partial charge in [-0.2, -0.15) is 0 Å². The van der Waals surface area contributed by atoms with E-state index in [0.717, 1.165) is 17.0 Å². The average molecular weight is 399 g/mol. The number of ether oxygens (including phenoxy) is 2. The van der Waals surface area contributed by atoms with Crippen molar-refractivity contribution in [1.82, 2.24) is 4.98 Å². The number of phenols is 1. The molecule has 1 aliphatic heterocycles. The maximum atomic E-state index is 9.79. The summed E-state index contributed by atoms with van der Waals surface area (Å²) in [7, 11) is 0. The Kier molecular flexibility index (Phi) is 4.62. The Morgan fingerprint density at radius 3 is 2.60 bits per heavy atom. The molecule has 0 fully saturated rings. The molecule has 4 heteroatoms. The average Bonchev–Trinajstić information content (AvgIpc) is 3.16. The van der Waals surface area contributed by atoms with Gasteiger partial charge in [0.25, 0.3) is 0 Å². The minimum Gasteiger partial charge on any atom is -0.508 e. The summed E-state index contributed by atoms with van der Waals surface area (Å²) in [4.78, 5) is 3.43. The maximum absolute atomic E-state index is 9.79. The summed E-state index contributed by atoms with van der Waals surface area (Å²) in [6, 6.07) is 22.0. The van der Waals surface area contributed by atoms with Gasteiger partial charge in [0.05, 0.1) is 12.7 Å². The number of aromatic hydroxyl groups is 1. The van der Waals surface area contributed by atoms with E-state index in [1.54, 1.807) is 12.1 Å². The molecule has 2 N–H and O–H groups in total. The van der Waals surface area contributed by atoms with Gasteiger partial charge in [0.2, 0.25) is 0 Å². The summed E-state index contributed by atoms with van der Waals surface area (Å²) in [5, 5.41) is 11.0. The highest BCUT2D eigenvalue weighted by Gasteiger charge is 2.34. The van der Waals surface area contributed by atoms with Crippen LogP contribution in [0.4, 0.5) is 0 Å². The first-order valence-corrected chi connectivity index (χ1v) is 10.4. The fourth-order valence-electron chi connectivity index (χ4n) is 4.50. The van der Waals surface area contributed by atoms with Crippen LogP contribution in [0, 0.1) is 0 Å². The van der Waals surface area contributed by atoms with Crippen LogP contribution in [-0.2, 0) is 0 Å². The Morgan fingerprint density at radius 2 is 1.80 bits per heavy atom. The summed E-state index contributed by atoms with van der Waals surface area (Å²) in [6.07, 6.45) is 2.23. The van der Waals surface area contributed by atoms with Crippen LogP contribution >= 0.6 is 0 Å². The van der Waals surface area contributed by atoms with Crippen molar-refractivity contribution >= 4 is 10.9 Å². The molecule has 0 radical (unpaired) electrons. The molecule has 1 aliphatic rings. The van der Waals surface area contributed by atoms with E-state index < -0.39 is 0 Å². The second kappa shape index (κ2) is 7.45. The third kappa shape index (κ3) is 3.28. The van der Waals surface area contributed by atoms with Crippen LogP contribution in [0.3, 0.4) is 0 Å². The standard InChI is InChI=1S/C26H25NO3/c1-16(2)30-19-11-12-20-22(14-27-24(20)13-19)23-15-29-25-6-4-3-5-21(25)26(23)17-7-9-18(28)10-8-17/h3-14,16,23,26-28H,15H2,1-2H3. The van der Waals surface area contributed by atoms with Crippen molar-refractivity contribution in [2.45, 2.75) is 31.8 Å². The highest BCUT2D eigenvalue weighted by Crippen LogP contribution is 2.47. The van der Waals surface area contributed by atoms with Gasteiger partial charge in [0.15, 0.2) is 0 Å². The Labute approximate surface area is 176 Å². The largest absolute Gasteiger partial charge is 0.508 e. The summed E-state index contributed by atoms with van der Waals surface area (Å²) < 4.78 is 12.0. The third-order valence-electron chi connectivity index (χ3n) is 5.78. The molecule has 0 bridgehead atoms. The summed E-state index contributed by atoms with van der Waals surface area (Å²) in [5.41, 5.74) is 4.64. The minimum absolute atomic E-state index is 0.138. The lowest BCUT2D eigenvalue weighted by Crippen LogP contribution is -2.25. The van der Waals surface area contributed by atoms with E-state index in [4.69, 9.17) is 9.47 Å². The van der Waals surface area contributed by atoms with Crippen molar-refractivity contribution in [2.24, 2.45) is 0 Å². The number of hydrogen-bond donors (Lipinski definition) is 2. The number of para-hydroxylation sites is 1. The van der Waals surface area contributed by atoms with Gasteiger partial charge in [-0.15, -0.1) is 0 Å². The molecule has 1 aromatic heterocycles. The van der Waals surface area contributed by atoms with E-state index in [0.29, 0.717) is 6.61 Å². The van der Waals surface area contributed by atoms with E-state index in [-0.39, 0.29) is 23.7 Å². The zero-order chi connectivity index (χ0) is 20.7. The van der Waals surface area contributed by atoms with Gasteiger partial charge >= 0.3 is 0 Å². The number of phenolic OH excluding ortho intramolecular Hbond substituents is 1. The molecule has 2 unspecified atom stereocenters. The van der Waals surface area contributed by atoms with E-state index in [1.807, 2.05) is 44.2 Å². The number of nitrogens with one attached hydrogen (secondary N) is 1. The maximum Gasteiger partial charge on any atom is 0.123 e. The van der Waals surface area contributed by atoms with Gasteiger partial charge in [-0.25, -0.2) is 0 Å². The Morgan fingerprint density at radius 1 is 1.00 bits per heavy atom. The number of hydrogen-bond acceptors (Lipinski definition) is 3. The number of fused-ring (bicyclic) bond motifs is 2. The normalized spacial score (nSPS) is 18.2. The van der Waals surface area contributed by atoms with E-state index >= 15 is 0 Å². The minimum atomic E-state index is 0.138. The quantitative estimate of drug-likeness (QED) is 0.445. The zero-order valence-electron chi connectivity index (χ0n) is 17.1. The zero-order valence-corrected chi connectivity index (χ0v) is 17.1. The van der Waals surface area contributed by atoms with Crippen molar-refractivity contribution in [3.8, 4) is 17.2 Å². The summed E-state index contributed by atoms with van der Waals surface area (Å²) >= 11 is 0. The molecule has 0 aliphatic carbocycles. The van der Waals surface area contributed by atoms with Crippen LogP contribution in [0.1, 0.15) is 42.4 Å². The van der Waals surface area contributed by atoms with Crippen LogP contribution in [-0.4, -0.2) is 22.8 Å². The first kappa shape index (κ1) is 18.6. The molecule has 3 aromatic carbocycles. The molecule has 0 spiro atoms. The molecule has 30 heavy (non-hydrogen) atoms. The smallest absolute Gasteiger partial charge is 0.123 e. The molecule has 5 rings (SSSR count). The predicted octanol–water partition coefficient (Wildman–Crippen LogP) is 5.97. The number of aromatic nitrogens is 1. The van der Waals surface area contributed by atoms with Crippen molar-refractivity contribution < 1.29 is 14.6 Å². The number of rotatable bonds is 4. The molecular weight excluding hydrogens is 374 g/mol. The highest BCUT2D eigenvalue weighted by molar-refractivity contribution is 5.85.